The quantitative estimate of drug-likeness (QED) is 0.843. The van der Waals surface area contributed by atoms with Gasteiger partial charge in [-0.25, -0.2) is 8.42 Å². The van der Waals surface area contributed by atoms with E-state index in [0.717, 1.165) is 19.3 Å². The SMILES string of the molecule is N#Cc1cccc(S(=O)(=O)Nc2cc(Cl)ccc2C(=O)N2CCCCC2)c1. The first-order chi connectivity index (χ1) is 12.9. The van der Waals surface area contributed by atoms with E-state index >= 15 is 0 Å². The van der Waals surface area contributed by atoms with Gasteiger partial charge < -0.3 is 4.90 Å². The third kappa shape index (κ3) is 4.41. The normalized spacial score (nSPS) is 14.4. The second-order valence-corrected chi connectivity index (χ2v) is 8.41. The molecule has 3 rings (SSSR count). The van der Waals surface area contributed by atoms with Crippen molar-refractivity contribution in [3.05, 3.63) is 58.6 Å². The maximum Gasteiger partial charge on any atom is 0.261 e. The summed E-state index contributed by atoms with van der Waals surface area (Å²) in [4.78, 5) is 14.5. The number of carbonyl (C=O) groups is 1. The summed E-state index contributed by atoms with van der Waals surface area (Å²) in [6.07, 6.45) is 2.95. The van der Waals surface area contributed by atoms with Gasteiger partial charge in [0, 0.05) is 18.1 Å². The van der Waals surface area contributed by atoms with Gasteiger partial charge in [-0.05, 0) is 55.7 Å². The zero-order valence-electron chi connectivity index (χ0n) is 14.5. The number of benzene rings is 2. The second-order valence-electron chi connectivity index (χ2n) is 6.29. The van der Waals surface area contributed by atoms with E-state index in [0.29, 0.717) is 18.1 Å². The van der Waals surface area contributed by atoms with Gasteiger partial charge in [-0.3, -0.25) is 9.52 Å². The van der Waals surface area contributed by atoms with Gasteiger partial charge in [0.25, 0.3) is 15.9 Å². The van der Waals surface area contributed by atoms with Crippen LogP contribution in [0.2, 0.25) is 5.02 Å². The van der Waals surface area contributed by atoms with Crippen molar-refractivity contribution in [1.82, 2.24) is 4.90 Å². The van der Waals surface area contributed by atoms with Crippen LogP contribution in [0.3, 0.4) is 0 Å². The highest BCUT2D eigenvalue weighted by Gasteiger charge is 2.24. The lowest BCUT2D eigenvalue weighted by atomic mass is 10.1. The Bertz CT molecular complexity index is 1010. The zero-order chi connectivity index (χ0) is 19.4. The van der Waals surface area contributed by atoms with E-state index in [1.165, 1.54) is 36.4 Å². The van der Waals surface area contributed by atoms with Gasteiger partial charge in [0.15, 0.2) is 0 Å². The Morgan fingerprint density at radius 2 is 1.85 bits per heavy atom. The summed E-state index contributed by atoms with van der Waals surface area (Å²) in [6, 6.07) is 12.1. The van der Waals surface area contributed by atoms with Crippen molar-refractivity contribution in [2.24, 2.45) is 0 Å². The lowest BCUT2D eigenvalue weighted by molar-refractivity contribution is 0.0725. The van der Waals surface area contributed by atoms with Crippen molar-refractivity contribution in [1.29, 1.82) is 5.26 Å². The van der Waals surface area contributed by atoms with Crippen molar-refractivity contribution in [2.75, 3.05) is 17.8 Å². The van der Waals surface area contributed by atoms with Crippen molar-refractivity contribution >= 4 is 33.2 Å². The van der Waals surface area contributed by atoms with E-state index < -0.39 is 10.0 Å². The highest BCUT2D eigenvalue weighted by molar-refractivity contribution is 7.92. The maximum atomic E-state index is 12.9. The highest BCUT2D eigenvalue weighted by atomic mass is 35.5. The number of nitriles is 1. The molecule has 2 aromatic carbocycles. The van der Waals surface area contributed by atoms with E-state index in [2.05, 4.69) is 4.72 Å². The molecule has 0 atom stereocenters. The van der Waals surface area contributed by atoms with Gasteiger partial charge in [-0.2, -0.15) is 5.26 Å². The first-order valence-corrected chi connectivity index (χ1v) is 10.4. The maximum absolute atomic E-state index is 12.9. The number of piperidine rings is 1. The Labute approximate surface area is 163 Å². The van der Waals surface area contributed by atoms with E-state index in [9.17, 15) is 13.2 Å². The monoisotopic (exact) mass is 403 g/mol. The number of anilines is 1. The predicted molar refractivity (Wildman–Crippen MR) is 103 cm³/mol. The molecule has 1 aliphatic rings. The Balaban J connectivity index is 1.95. The third-order valence-corrected chi connectivity index (χ3v) is 5.97. The predicted octanol–water partition coefficient (Wildman–Crippen LogP) is 3.64. The topological polar surface area (TPSA) is 90.3 Å². The van der Waals surface area contributed by atoms with Gasteiger partial charge in [0.1, 0.15) is 0 Å². The molecule has 0 radical (unpaired) electrons. The molecule has 0 unspecified atom stereocenters. The summed E-state index contributed by atoms with van der Waals surface area (Å²) >= 11 is 6.03. The summed E-state index contributed by atoms with van der Waals surface area (Å²) in [5.41, 5.74) is 0.607. The molecule has 1 N–H and O–H groups in total. The second kappa shape index (κ2) is 7.99. The fraction of sp³-hybridized carbons (Fsp3) is 0.263. The molecule has 1 heterocycles. The molecule has 140 valence electrons. The number of amides is 1. The van der Waals surface area contributed by atoms with Gasteiger partial charge in [-0.15, -0.1) is 0 Å². The minimum atomic E-state index is -3.98. The first-order valence-electron chi connectivity index (χ1n) is 8.52. The molecule has 0 aliphatic carbocycles. The molecule has 1 amide bonds. The fourth-order valence-corrected chi connectivity index (χ4v) is 4.28. The summed E-state index contributed by atoms with van der Waals surface area (Å²) in [5, 5.41) is 9.30. The van der Waals surface area contributed by atoms with E-state index in [4.69, 9.17) is 16.9 Å². The van der Waals surface area contributed by atoms with Gasteiger partial charge in [0.2, 0.25) is 0 Å². The van der Waals surface area contributed by atoms with Crippen molar-refractivity contribution in [2.45, 2.75) is 24.2 Å². The molecular formula is C19H18ClN3O3S. The van der Waals surface area contributed by atoms with E-state index in [-0.39, 0.29) is 27.6 Å². The Hall–Kier alpha value is -2.56. The number of sulfonamides is 1. The molecule has 8 heteroatoms. The van der Waals surface area contributed by atoms with Crippen LogP contribution in [-0.2, 0) is 10.0 Å². The zero-order valence-corrected chi connectivity index (χ0v) is 16.1. The number of rotatable bonds is 4. The van der Waals surface area contributed by atoms with Crippen LogP contribution in [0.15, 0.2) is 47.4 Å². The van der Waals surface area contributed by atoms with Crippen molar-refractivity contribution in [3.63, 3.8) is 0 Å². The Morgan fingerprint density at radius 3 is 2.56 bits per heavy atom. The van der Waals surface area contributed by atoms with Gasteiger partial charge in [0.05, 0.1) is 27.8 Å². The number of nitrogens with zero attached hydrogens (tertiary/aromatic N) is 2. The Morgan fingerprint density at radius 1 is 1.11 bits per heavy atom. The molecule has 0 spiro atoms. The fourth-order valence-electron chi connectivity index (χ4n) is 2.99. The molecule has 1 saturated heterocycles. The average Bonchev–Trinajstić information content (AvgIpc) is 2.68. The van der Waals surface area contributed by atoms with Gasteiger partial charge >= 0.3 is 0 Å². The van der Waals surface area contributed by atoms with E-state index in [1.54, 1.807) is 11.0 Å². The van der Waals surface area contributed by atoms with E-state index in [1.807, 2.05) is 6.07 Å². The number of nitrogens with one attached hydrogen (secondary N) is 1. The van der Waals surface area contributed by atoms with Crippen LogP contribution in [0.5, 0.6) is 0 Å². The molecular weight excluding hydrogens is 386 g/mol. The van der Waals surface area contributed by atoms with Crippen molar-refractivity contribution in [3.8, 4) is 6.07 Å². The highest BCUT2D eigenvalue weighted by Crippen LogP contribution is 2.26. The molecule has 0 saturated carbocycles. The molecule has 1 fully saturated rings. The summed E-state index contributed by atoms with van der Waals surface area (Å²) in [5.74, 6) is -0.227. The summed E-state index contributed by atoms with van der Waals surface area (Å²) in [6.45, 7) is 1.30. The minimum Gasteiger partial charge on any atom is -0.339 e. The first kappa shape index (κ1) is 19.2. The standard InChI is InChI=1S/C19H18ClN3O3S/c20-15-7-8-17(19(24)23-9-2-1-3-10-23)18(12-15)22-27(25,26)16-6-4-5-14(11-16)13-21/h4-8,11-12,22H,1-3,9-10H2. The van der Waals surface area contributed by atoms with Crippen LogP contribution >= 0.6 is 11.6 Å². The van der Waals surface area contributed by atoms with Crippen LogP contribution in [0.1, 0.15) is 35.2 Å². The lowest BCUT2D eigenvalue weighted by Crippen LogP contribution is -2.36. The van der Waals surface area contributed by atoms with Crippen LogP contribution in [0.4, 0.5) is 5.69 Å². The molecule has 0 bridgehead atoms. The Kier molecular flexibility index (Phi) is 5.68. The summed E-state index contributed by atoms with van der Waals surface area (Å²) in [7, 11) is -3.98. The average molecular weight is 404 g/mol. The van der Waals surface area contributed by atoms with Gasteiger partial charge in [-0.1, -0.05) is 17.7 Å². The molecule has 6 nitrogen and oxygen atoms in total. The van der Waals surface area contributed by atoms with Crippen LogP contribution in [0.25, 0.3) is 0 Å². The minimum absolute atomic E-state index is 0.0575. The molecule has 0 aromatic heterocycles. The van der Waals surface area contributed by atoms with Crippen LogP contribution in [0, 0.1) is 11.3 Å². The smallest absolute Gasteiger partial charge is 0.261 e. The number of hydrogen-bond acceptors (Lipinski definition) is 4. The van der Waals surface area contributed by atoms with Crippen LogP contribution < -0.4 is 4.72 Å². The number of carbonyl (C=O) groups excluding carboxylic acids is 1. The van der Waals surface area contributed by atoms with Crippen molar-refractivity contribution < 1.29 is 13.2 Å². The number of likely N-dealkylation sites (tertiary alicyclic amines) is 1. The summed E-state index contributed by atoms with van der Waals surface area (Å²) < 4.78 is 27.9. The number of halogens is 1. The third-order valence-electron chi connectivity index (χ3n) is 4.37. The number of hydrogen-bond donors (Lipinski definition) is 1. The largest absolute Gasteiger partial charge is 0.339 e. The molecule has 2 aromatic rings. The molecule has 1 aliphatic heterocycles. The molecule has 27 heavy (non-hydrogen) atoms. The van der Waals surface area contributed by atoms with Crippen LogP contribution in [-0.4, -0.2) is 32.3 Å². The lowest BCUT2D eigenvalue weighted by Gasteiger charge is -2.27.